The summed E-state index contributed by atoms with van der Waals surface area (Å²) in [6.07, 6.45) is 1.61. The SMILES string of the molecule is O=C(NCc1cccs1)C(=O)NC[C@@H](c1ccco1)N1CCOCC1. The molecule has 1 aliphatic rings. The number of carbonyl (C=O) groups is 2. The molecule has 134 valence electrons. The molecule has 8 heteroatoms. The number of furan rings is 1. The number of thiophene rings is 1. The molecule has 0 spiro atoms. The largest absolute Gasteiger partial charge is 0.468 e. The third kappa shape index (κ3) is 4.91. The van der Waals surface area contributed by atoms with Crippen molar-refractivity contribution >= 4 is 23.2 Å². The molecule has 3 heterocycles. The maximum atomic E-state index is 12.1. The predicted molar refractivity (Wildman–Crippen MR) is 93.0 cm³/mol. The molecule has 1 atom stereocenters. The molecule has 7 nitrogen and oxygen atoms in total. The van der Waals surface area contributed by atoms with Gasteiger partial charge in [-0.15, -0.1) is 11.3 Å². The second-order valence-electron chi connectivity index (χ2n) is 5.65. The molecule has 2 aromatic heterocycles. The molecular formula is C17H21N3O4S. The lowest BCUT2D eigenvalue weighted by Gasteiger charge is -2.33. The van der Waals surface area contributed by atoms with Crippen molar-refractivity contribution in [1.82, 2.24) is 15.5 Å². The minimum Gasteiger partial charge on any atom is -0.468 e. The highest BCUT2D eigenvalue weighted by atomic mass is 32.1. The van der Waals surface area contributed by atoms with E-state index in [0.717, 1.165) is 23.7 Å². The first-order valence-corrected chi connectivity index (χ1v) is 9.05. The lowest BCUT2D eigenvalue weighted by molar-refractivity contribution is -0.139. The summed E-state index contributed by atoms with van der Waals surface area (Å²) in [5.41, 5.74) is 0. The van der Waals surface area contributed by atoms with Gasteiger partial charge in [0.15, 0.2) is 0 Å². The van der Waals surface area contributed by atoms with Gasteiger partial charge in [0.1, 0.15) is 5.76 Å². The third-order valence-corrected chi connectivity index (χ3v) is 4.90. The van der Waals surface area contributed by atoms with E-state index < -0.39 is 11.8 Å². The fraction of sp³-hybridized carbons (Fsp3) is 0.412. The van der Waals surface area contributed by atoms with Crippen molar-refractivity contribution in [1.29, 1.82) is 0 Å². The Morgan fingerprint density at radius 2 is 1.96 bits per heavy atom. The Balaban J connectivity index is 1.52. The lowest BCUT2D eigenvalue weighted by Crippen LogP contribution is -2.46. The zero-order valence-electron chi connectivity index (χ0n) is 13.8. The van der Waals surface area contributed by atoms with Crippen LogP contribution in [0.25, 0.3) is 0 Å². The Morgan fingerprint density at radius 1 is 1.16 bits per heavy atom. The topological polar surface area (TPSA) is 83.8 Å². The quantitative estimate of drug-likeness (QED) is 0.752. The molecule has 25 heavy (non-hydrogen) atoms. The van der Waals surface area contributed by atoms with Gasteiger partial charge in [-0.3, -0.25) is 14.5 Å². The van der Waals surface area contributed by atoms with Crippen molar-refractivity contribution < 1.29 is 18.7 Å². The molecule has 0 radical (unpaired) electrons. The summed E-state index contributed by atoms with van der Waals surface area (Å²) in [5, 5.41) is 7.26. The van der Waals surface area contributed by atoms with Crippen LogP contribution in [0.15, 0.2) is 40.3 Å². The van der Waals surface area contributed by atoms with Crippen molar-refractivity contribution in [2.75, 3.05) is 32.8 Å². The number of hydrogen-bond donors (Lipinski definition) is 2. The summed E-state index contributed by atoms with van der Waals surface area (Å²) >= 11 is 1.53. The van der Waals surface area contributed by atoms with Crippen LogP contribution in [0.1, 0.15) is 16.7 Å². The number of ether oxygens (including phenoxy) is 1. The summed E-state index contributed by atoms with van der Waals surface area (Å²) in [6, 6.07) is 7.39. The Labute approximate surface area is 149 Å². The van der Waals surface area contributed by atoms with Crippen LogP contribution in [0.2, 0.25) is 0 Å². The van der Waals surface area contributed by atoms with Gasteiger partial charge < -0.3 is 19.8 Å². The minimum atomic E-state index is -0.638. The first-order valence-electron chi connectivity index (χ1n) is 8.17. The van der Waals surface area contributed by atoms with Crippen LogP contribution in [0.3, 0.4) is 0 Å². The molecule has 2 aromatic rings. The third-order valence-electron chi connectivity index (χ3n) is 4.02. The van der Waals surface area contributed by atoms with Crippen LogP contribution < -0.4 is 10.6 Å². The molecule has 1 fully saturated rings. The summed E-state index contributed by atoms with van der Waals surface area (Å²) in [7, 11) is 0. The highest BCUT2D eigenvalue weighted by molar-refractivity contribution is 7.09. The van der Waals surface area contributed by atoms with Crippen LogP contribution in [0.4, 0.5) is 0 Å². The van der Waals surface area contributed by atoms with Crippen LogP contribution in [-0.2, 0) is 20.9 Å². The van der Waals surface area contributed by atoms with E-state index in [1.807, 2.05) is 29.6 Å². The van der Waals surface area contributed by atoms with Crippen molar-refractivity contribution in [3.05, 3.63) is 46.5 Å². The number of hydrogen-bond acceptors (Lipinski definition) is 6. The number of rotatable bonds is 6. The number of amides is 2. The molecule has 2 N–H and O–H groups in total. The van der Waals surface area contributed by atoms with E-state index in [1.165, 1.54) is 11.3 Å². The molecule has 0 aliphatic carbocycles. The zero-order chi connectivity index (χ0) is 17.5. The molecule has 2 amide bonds. The van der Waals surface area contributed by atoms with Crippen molar-refractivity contribution in [3.63, 3.8) is 0 Å². The van der Waals surface area contributed by atoms with E-state index >= 15 is 0 Å². The van der Waals surface area contributed by atoms with E-state index in [-0.39, 0.29) is 6.04 Å². The minimum absolute atomic E-state index is 0.118. The standard InChI is InChI=1S/C17H21N3O4S/c21-16(18-11-13-3-2-10-25-13)17(22)19-12-14(15-4-1-7-24-15)20-5-8-23-9-6-20/h1-4,7,10,14H,5-6,8-9,11-12H2,(H,18,21)(H,19,22)/t14-/m0/s1. The first kappa shape index (κ1) is 17.7. The van der Waals surface area contributed by atoms with Crippen LogP contribution in [0, 0.1) is 0 Å². The van der Waals surface area contributed by atoms with Gasteiger partial charge in [-0.1, -0.05) is 6.07 Å². The van der Waals surface area contributed by atoms with Gasteiger partial charge in [-0.25, -0.2) is 0 Å². The summed E-state index contributed by atoms with van der Waals surface area (Å²) in [5.74, 6) is -0.504. The summed E-state index contributed by atoms with van der Waals surface area (Å²) in [4.78, 5) is 27.2. The van der Waals surface area contributed by atoms with Gasteiger partial charge in [0, 0.05) is 24.5 Å². The van der Waals surface area contributed by atoms with Gasteiger partial charge >= 0.3 is 11.8 Å². The number of nitrogens with zero attached hydrogens (tertiary/aromatic N) is 1. The molecule has 3 rings (SSSR count). The Hall–Kier alpha value is -2.16. The molecule has 1 aliphatic heterocycles. The number of morpholine rings is 1. The lowest BCUT2D eigenvalue weighted by atomic mass is 10.1. The van der Waals surface area contributed by atoms with E-state index in [0.29, 0.717) is 26.3 Å². The fourth-order valence-corrected chi connectivity index (χ4v) is 3.35. The van der Waals surface area contributed by atoms with E-state index in [2.05, 4.69) is 15.5 Å². The number of carbonyl (C=O) groups excluding carboxylic acids is 2. The highest BCUT2D eigenvalue weighted by Crippen LogP contribution is 2.21. The number of nitrogens with one attached hydrogen (secondary N) is 2. The Kier molecular flexibility index (Phi) is 6.21. The second kappa shape index (κ2) is 8.80. The molecule has 0 unspecified atom stereocenters. The molecule has 0 aromatic carbocycles. The second-order valence-corrected chi connectivity index (χ2v) is 6.68. The van der Waals surface area contributed by atoms with Crippen LogP contribution in [-0.4, -0.2) is 49.6 Å². The van der Waals surface area contributed by atoms with E-state index in [9.17, 15) is 9.59 Å². The van der Waals surface area contributed by atoms with Gasteiger partial charge in [-0.05, 0) is 23.6 Å². The summed E-state index contributed by atoms with van der Waals surface area (Å²) in [6.45, 7) is 3.46. The zero-order valence-corrected chi connectivity index (χ0v) is 14.6. The average molecular weight is 363 g/mol. The first-order chi connectivity index (χ1) is 12.2. The average Bonchev–Trinajstić information content (AvgIpc) is 3.34. The van der Waals surface area contributed by atoms with Gasteiger partial charge in [0.2, 0.25) is 0 Å². The van der Waals surface area contributed by atoms with E-state index in [4.69, 9.17) is 9.15 Å². The molecular weight excluding hydrogens is 342 g/mol. The summed E-state index contributed by atoms with van der Waals surface area (Å²) < 4.78 is 10.9. The highest BCUT2D eigenvalue weighted by Gasteiger charge is 2.26. The maximum Gasteiger partial charge on any atom is 0.309 e. The van der Waals surface area contributed by atoms with E-state index in [1.54, 1.807) is 6.26 Å². The van der Waals surface area contributed by atoms with Gasteiger partial charge in [0.05, 0.1) is 32.1 Å². The molecule has 0 bridgehead atoms. The van der Waals surface area contributed by atoms with Crippen LogP contribution in [0.5, 0.6) is 0 Å². The van der Waals surface area contributed by atoms with Gasteiger partial charge in [-0.2, -0.15) is 0 Å². The van der Waals surface area contributed by atoms with Crippen molar-refractivity contribution in [2.45, 2.75) is 12.6 Å². The maximum absolute atomic E-state index is 12.1. The van der Waals surface area contributed by atoms with Crippen molar-refractivity contribution in [2.24, 2.45) is 0 Å². The molecule has 1 saturated heterocycles. The van der Waals surface area contributed by atoms with Crippen LogP contribution >= 0.6 is 11.3 Å². The Morgan fingerprint density at radius 3 is 2.64 bits per heavy atom. The smallest absolute Gasteiger partial charge is 0.309 e. The molecule has 0 saturated carbocycles. The monoisotopic (exact) mass is 363 g/mol. The van der Waals surface area contributed by atoms with Gasteiger partial charge in [0.25, 0.3) is 0 Å². The van der Waals surface area contributed by atoms with Crippen molar-refractivity contribution in [3.8, 4) is 0 Å². The fourth-order valence-electron chi connectivity index (χ4n) is 2.71. The predicted octanol–water partition coefficient (Wildman–Crippen LogP) is 1.15. The Bertz CT molecular complexity index is 666. The normalized spacial score (nSPS) is 16.3.